The van der Waals surface area contributed by atoms with Gasteiger partial charge in [0.25, 0.3) is 0 Å². The van der Waals surface area contributed by atoms with Gasteiger partial charge in [-0.3, -0.25) is 0 Å². The minimum atomic E-state index is -1.01. The third kappa shape index (κ3) is 3.33. The smallest absolute Gasteiger partial charge is 0.326 e. The first-order chi connectivity index (χ1) is 7.97. The first kappa shape index (κ1) is 13.8. The van der Waals surface area contributed by atoms with E-state index in [1.807, 2.05) is 6.92 Å². The molecular formula is C11H20N2O4. The Morgan fingerprint density at radius 1 is 1.59 bits per heavy atom. The van der Waals surface area contributed by atoms with Crippen LogP contribution in [-0.2, 0) is 9.53 Å². The summed E-state index contributed by atoms with van der Waals surface area (Å²) >= 11 is 0. The Morgan fingerprint density at radius 2 is 2.24 bits per heavy atom. The molecule has 2 unspecified atom stereocenters. The van der Waals surface area contributed by atoms with Crippen molar-refractivity contribution in [3.8, 4) is 0 Å². The van der Waals surface area contributed by atoms with Crippen molar-refractivity contribution >= 4 is 12.0 Å². The molecule has 0 aliphatic carbocycles. The molecule has 0 aromatic rings. The van der Waals surface area contributed by atoms with Crippen LogP contribution in [0.15, 0.2) is 0 Å². The second-order valence-electron chi connectivity index (χ2n) is 4.29. The molecule has 0 spiro atoms. The van der Waals surface area contributed by atoms with E-state index in [-0.39, 0.29) is 18.2 Å². The van der Waals surface area contributed by atoms with Crippen molar-refractivity contribution in [3.05, 3.63) is 0 Å². The zero-order valence-electron chi connectivity index (χ0n) is 10.5. The van der Waals surface area contributed by atoms with Crippen molar-refractivity contribution in [2.24, 2.45) is 0 Å². The van der Waals surface area contributed by atoms with Gasteiger partial charge in [0.05, 0.1) is 12.1 Å². The molecule has 6 nitrogen and oxygen atoms in total. The van der Waals surface area contributed by atoms with Crippen LogP contribution in [0.2, 0.25) is 0 Å². The van der Waals surface area contributed by atoms with Gasteiger partial charge in [0.1, 0.15) is 6.04 Å². The lowest BCUT2D eigenvalue weighted by Crippen LogP contribution is -2.51. The highest BCUT2D eigenvalue weighted by molar-refractivity contribution is 5.82. The normalized spacial score (nSPS) is 25.4. The van der Waals surface area contributed by atoms with Crippen LogP contribution in [0.4, 0.5) is 4.79 Å². The second-order valence-corrected chi connectivity index (χ2v) is 4.29. The molecule has 98 valence electrons. The average molecular weight is 244 g/mol. The highest BCUT2D eigenvalue weighted by Crippen LogP contribution is 2.18. The van der Waals surface area contributed by atoms with Crippen molar-refractivity contribution in [2.45, 2.75) is 44.9 Å². The zero-order valence-corrected chi connectivity index (χ0v) is 10.5. The number of ether oxygens (including phenoxy) is 1. The van der Waals surface area contributed by atoms with Crippen LogP contribution >= 0.6 is 0 Å². The van der Waals surface area contributed by atoms with E-state index in [2.05, 4.69) is 5.32 Å². The fourth-order valence-electron chi connectivity index (χ4n) is 1.97. The maximum absolute atomic E-state index is 11.8. The number of carbonyl (C=O) groups excluding carboxylic acids is 1. The van der Waals surface area contributed by atoms with E-state index >= 15 is 0 Å². The van der Waals surface area contributed by atoms with E-state index in [9.17, 15) is 9.59 Å². The fourth-order valence-corrected chi connectivity index (χ4v) is 1.97. The molecule has 0 radical (unpaired) electrons. The predicted octanol–water partition coefficient (Wildman–Crippen LogP) is 0.668. The molecule has 3 atom stereocenters. The summed E-state index contributed by atoms with van der Waals surface area (Å²) in [6.45, 7) is 4.27. The standard InChI is InChI=1S/C11H20N2O4/c1-4-8(10(14)15)12-11(16)13(3)9-5-6-17-7(9)2/h7-9H,4-6H2,1-3H3,(H,12,16)(H,14,15)/t7?,8-,9?/m1/s1. The van der Waals surface area contributed by atoms with Gasteiger partial charge in [0.15, 0.2) is 0 Å². The Bertz CT molecular complexity index is 295. The van der Waals surface area contributed by atoms with Crippen LogP contribution in [0, 0.1) is 0 Å². The summed E-state index contributed by atoms with van der Waals surface area (Å²) in [6.07, 6.45) is 1.15. The monoisotopic (exact) mass is 244 g/mol. The van der Waals surface area contributed by atoms with Gasteiger partial charge in [-0.2, -0.15) is 0 Å². The number of urea groups is 1. The summed E-state index contributed by atoms with van der Waals surface area (Å²) < 4.78 is 5.38. The number of hydrogen-bond acceptors (Lipinski definition) is 3. The van der Waals surface area contributed by atoms with E-state index in [0.717, 1.165) is 6.42 Å². The molecule has 0 saturated carbocycles. The maximum atomic E-state index is 11.8. The Balaban J connectivity index is 2.54. The number of nitrogens with zero attached hydrogens (tertiary/aromatic N) is 1. The van der Waals surface area contributed by atoms with Crippen molar-refractivity contribution < 1.29 is 19.4 Å². The average Bonchev–Trinajstić information content (AvgIpc) is 2.70. The summed E-state index contributed by atoms with van der Waals surface area (Å²) in [6, 6.07) is -1.18. The van der Waals surface area contributed by atoms with Crippen LogP contribution in [0.1, 0.15) is 26.7 Å². The molecule has 1 aliphatic rings. The Labute approximate surface area is 101 Å². The number of likely N-dealkylation sites (N-methyl/N-ethyl adjacent to an activating group) is 1. The number of aliphatic carboxylic acids is 1. The molecule has 6 heteroatoms. The van der Waals surface area contributed by atoms with Crippen molar-refractivity contribution in [2.75, 3.05) is 13.7 Å². The minimum absolute atomic E-state index is 0.00402. The number of rotatable bonds is 4. The molecular weight excluding hydrogens is 224 g/mol. The van der Waals surface area contributed by atoms with Crippen molar-refractivity contribution in [1.82, 2.24) is 10.2 Å². The SMILES string of the molecule is CC[C@@H](NC(=O)N(C)C1CCOC1C)C(=O)O. The largest absolute Gasteiger partial charge is 0.480 e. The second kappa shape index (κ2) is 5.86. The summed E-state index contributed by atoms with van der Waals surface area (Å²) in [7, 11) is 1.67. The number of amides is 2. The molecule has 2 amide bonds. The zero-order chi connectivity index (χ0) is 13.0. The quantitative estimate of drug-likeness (QED) is 0.761. The van der Waals surface area contributed by atoms with Crippen LogP contribution in [0.25, 0.3) is 0 Å². The van der Waals surface area contributed by atoms with Crippen molar-refractivity contribution in [3.63, 3.8) is 0 Å². The highest BCUT2D eigenvalue weighted by Gasteiger charge is 2.31. The number of carbonyl (C=O) groups is 2. The molecule has 1 saturated heterocycles. The van der Waals surface area contributed by atoms with Gasteiger partial charge in [0, 0.05) is 13.7 Å². The molecule has 2 N–H and O–H groups in total. The minimum Gasteiger partial charge on any atom is -0.480 e. The number of hydrogen-bond donors (Lipinski definition) is 2. The lowest BCUT2D eigenvalue weighted by Gasteiger charge is -2.28. The third-order valence-electron chi connectivity index (χ3n) is 3.16. The Kier molecular flexibility index (Phi) is 4.74. The molecule has 0 bridgehead atoms. The van der Waals surface area contributed by atoms with Gasteiger partial charge in [-0.25, -0.2) is 9.59 Å². The number of carboxylic acids is 1. The van der Waals surface area contributed by atoms with E-state index in [1.54, 1.807) is 14.0 Å². The van der Waals surface area contributed by atoms with E-state index in [0.29, 0.717) is 13.0 Å². The third-order valence-corrected chi connectivity index (χ3v) is 3.16. The van der Waals surface area contributed by atoms with Gasteiger partial charge >= 0.3 is 12.0 Å². The molecule has 1 heterocycles. The highest BCUT2D eigenvalue weighted by atomic mass is 16.5. The molecule has 0 aromatic heterocycles. The van der Waals surface area contributed by atoms with Gasteiger partial charge in [-0.05, 0) is 19.8 Å². The lowest BCUT2D eigenvalue weighted by atomic mass is 10.1. The number of carboxylic acid groups (broad SMARTS) is 1. The van der Waals surface area contributed by atoms with Crippen LogP contribution < -0.4 is 5.32 Å². The summed E-state index contributed by atoms with van der Waals surface area (Å²) in [4.78, 5) is 24.2. The Hall–Kier alpha value is -1.30. The van der Waals surface area contributed by atoms with Crippen LogP contribution in [0.3, 0.4) is 0 Å². The van der Waals surface area contributed by atoms with E-state index in [4.69, 9.17) is 9.84 Å². The molecule has 1 aliphatic heterocycles. The summed E-state index contributed by atoms with van der Waals surface area (Å²) in [5.74, 6) is -1.01. The predicted molar refractivity (Wildman–Crippen MR) is 61.8 cm³/mol. The molecule has 0 aromatic carbocycles. The van der Waals surface area contributed by atoms with Gasteiger partial charge in [0.2, 0.25) is 0 Å². The van der Waals surface area contributed by atoms with Crippen LogP contribution in [-0.4, -0.2) is 53.8 Å². The first-order valence-corrected chi connectivity index (χ1v) is 5.85. The van der Waals surface area contributed by atoms with Crippen LogP contribution in [0.5, 0.6) is 0 Å². The Morgan fingerprint density at radius 3 is 2.65 bits per heavy atom. The maximum Gasteiger partial charge on any atom is 0.326 e. The molecule has 1 rings (SSSR count). The van der Waals surface area contributed by atoms with E-state index < -0.39 is 12.0 Å². The lowest BCUT2D eigenvalue weighted by molar-refractivity contribution is -0.139. The van der Waals surface area contributed by atoms with Gasteiger partial charge in [-0.15, -0.1) is 0 Å². The van der Waals surface area contributed by atoms with Gasteiger partial charge < -0.3 is 20.1 Å². The van der Waals surface area contributed by atoms with Crippen molar-refractivity contribution in [1.29, 1.82) is 0 Å². The summed E-state index contributed by atoms with van der Waals surface area (Å²) in [5, 5.41) is 11.4. The first-order valence-electron chi connectivity index (χ1n) is 5.85. The topological polar surface area (TPSA) is 78.9 Å². The molecule has 1 fully saturated rings. The van der Waals surface area contributed by atoms with Gasteiger partial charge in [-0.1, -0.05) is 6.92 Å². The van der Waals surface area contributed by atoms with E-state index in [1.165, 1.54) is 4.90 Å². The summed E-state index contributed by atoms with van der Waals surface area (Å²) in [5.41, 5.74) is 0. The number of nitrogens with one attached hydrogen (secondary N) is 1. The molecule has 17 heavy (non-hydrogen) atoms. The fraction of sp³-hybridized carbons (Fsp3) is 0.818.